The predicted octanol–water partition coefficient (Wildman–Crippen LogP) is 5.40. The number of pyridine rings is 1. The highest BCUT2D eigenvalue weighted by Gasteiger charge is 2.30. The van der Waals surface area contributed by atoms with Crippen LogP contribution in [0.25, 0.3) is 5.57 Å². The summed E-state index contributed by atoms with van der Waals surface area (Å²) in [6, 6.07) is 10.3. The number of para-hydroxylation sites is 1. The number of carbonyl (C=O) groups is 2. The largest absolute Gasteiger partial charge is 0.511 e. The molecule has 2 aromatic rings. The van der Waals surface area contributed by atoms with E-state index in [2.05, 4.69) is 27.9 Å². The standard InChI is InChI=1S/C30H32ClFN6O3/c1-4-5-15-37(20(2)17-35-18-39)29(34-3)22-16-23(31)28(27-24(32)10-8-12-26(27)41)36-30(22)38(19-40)25-11-7-6-9-21(25)13-14-33/h4,6-7,9-11,16,18-20,41H,1,5,8,12-13,15,17H2,2-3H3,(H,35,39)/b34-29+. The SMILES string of the molecule is C=CCCN(/C(=N/C)c1cc(Cl)c(C2=C(O)CCC=C2F)nc1N(C=O)c1ccccc1CC#N)C(C)CNC=O. The van der Waals surface area contributed by atoms with Crippen molar-refractivity contribution in [3.05, 3.63) is 82.5 Å². The van der Waals surface area contributed by atoms with Crippen LogP contribution in [-0.2, 0) is 16.0 Å². The van der Waals surface area contributed by atoms with E-state index in [4.69, 9.17) is 11.6 Å². The Bertz CT molecular complexity index is 1430. The van der Waals surface area contributed by atoms with Crippen molar-refractivity contribution >= 4 is 47.3 Å². The first kappa shape index (κ1) is 31.0. The summed E-state index contributed by atoms with van der Waals surface area (Å²) >= 11 is 6.71. The maximum absolute atomic E-state index is 15.0. The highest BCUT2D eigenvalue weighted by molar-refractivity contribution is 6.33. The second kappa shape index (κ2) is 14.8. The zero-order chi connectivity index (χ0) is 29.9. The average Bonchev–Trinajstić information content (AvgIpc) is 2.96. The van der Waals surface area contributed by atoms with Crippen molar-refractivity contribution in [3.8, 4) is 6.07 Å². The molecule has 0 aliphatic heterocycles. The number of hydrogen-bond acceptors (Lipinski definition) is 6. The van der Waals surface area contributed by atoms with Crippen LogP contribution < -0.4 is 10.2 Å². The number of benzene rings is 1. The predicted molar refractivity (Wildman–Crippen MR) is 159 cm³/mol. The van der Waals surface area contributed by atoms with Crippen LogP contribution in [0.2, 0.25) is 5.02 Å². The molecule has 41 heavy (non-hydrogen) atoms. The van der Waals surface area contributed by atoms with Gasteiger partial charge in [-0.15, -0.1) is 6.58 Å². The minimum absolute atomic E-state index is 0.0220. The monoisotopic (exact) mass is 578 g/mol. The summed E-state index contributed by atoms with van der Waals surface area (Å²) in [6.07, 6.45) is 5.39. The molecule has 1 aromatic carbocycles. The van der Waals surface area contributed by atoms with Gasteiger partial charge in [0, 0.05) is 32.6 Å². The van der Waals surface area contributed by atoms with E-state index < -0.39 is 5.83 Å². The van der Waals surface area contributed by atoms with Crippen LogP contribution >= 0.6 is 11.6 Å². The van der Waals surface area contributed by atoms with Gasteiger partial charge in [0.25, 0.3) is 0 Å². The van der Waals surface area contributed by atoms with Crippen LogP contribution in [0.4, 0.5) is 15.9 Å². The third-order valence-electron chi connectivity index (χ3n) is 6.61. The number of nitrogens with zero attached hydrogens (tertiary/aromatic N) is 5. The zero-order valence-electron chi connectivity index (χ0n) is 23.0. The van der Waals surface area contributed by atoms with Crippen LogP contribution in [0.15, 0.2) is 65.6 Å². The van der Waals surface area contributed by atoms with Gasteiger partial charge in [-0.2, -0.15) is 5.26 Å². The van der Waals surface area contributed by atoms with Gasteiger partial charge >= 0.3 is 0 Å². The number of amides is 2. The number of aliphatic hydroxyl groups is 1. The molecule has 1 atom stereocenters. The molecule has 1 aliphatic rings. The lowest BCUT2D eigenvalue weighted by atomic mass is 9.99. The van der Waals surface area contributed by atoms with Crippen LogP contribution in [0.5, 0.6) is 0 Å². The van der Waals surface area contributed by atoms with Crippen molar-refractivity contribution in [1.82, 2.24) is 15.2 Å². The highest BCUT2D eigenvalue weighted by atomic mass is 35.5. The topological polar surface area (TPSA) is 122 Å². The smallest absolute Gasteiger partial charge is 0.219 e. The summed E-state index contributed by atoms with van der Waals surface area (Å²) in [7, 11) is 1.58. The van der Waals surface area contributed by atoms with Gasteiger partial charge in [-0.1, -0.05) is 35.9 Å². The number of aliphatic hydroxyl groups excluding tert-OH is 1. The number of nitriles is 1. The van der Waals surface area contributed by atoms with E-state index in [1.807, 2.05) is 11.8 Å². The number of amidine groups is 1. The summed E-state index contributed by atoms with van der Waals surface area (Å²) in [5.41, 5.74) is 1.13. The van der Waals surface area contributed by atoms with E-state index in [-0.39, 0.29) is 46.8 Å². The Labute approximate surface area is 244 Å². The molecule has 0 spiro atoms. The molecule has 2 N–H and O–H groups in total. The fourth-order valence-corrected chi connectivity index (χ4v) is 4.90. The van der Waals surface area contributed by atoms with Gasteiger partial charge in [0.2, 0.25) is 12.8 Å². The first-order valence-electron chi connectivity index (χ1n) is 13.0. The van der Waals surface area contributed by atoms with Gasteiger partial charge in [-0.25, -0.2) is 9.37 Å². The molecule has 1 aliphatic carbocycles. The third-order valence-corrected chi connectivity index (χ3v) is 6.89. The normalized spacial score (nSPS) is 14.0. The van der Waals surface area contributed by atoms with Crippen LogP contribution in [-0.4, -0.2) is 59.8 Å². The van der Waals surface area contributed by atoms with E-state index in [9.17, 15) is 20.0 Å². The molecule has 0 radical (unpaired) electrons. The minimum Gasteiger partial charge on any atom is -0.511 e. The number of aliphatic imine (C=N–C) groups is 1. The Morgan fingerprint density at radius 1 is 1.39 bits per heavy atom. The molecule has 214 valence electrons. The molecule has 11 heteroatoms. The summed E-state index contributed by atoms with van der Waals surface area (Å²) < 4.78 is 15.0. The minimum atomic E-state index is -0.671. The van der Waals surface area contributed by atoms with Gasteiger partial charge in [-0.3, -0.25) is 19.5 Å². The van der Waals surface area contributed by atoms with Crippen molar-refractivity contribution in [2.45, 2.75) is 38.6 Å². The second-order valence-electron chi connectivity index (χ2n) is 9.23. The maximum atomic E-state index is 15.0. The molecular formula is C30H32ClFN6O3. The molecule has 2 amide bonds. The molecule has 1 heterocycles. The first-order chi connectivity index (χ1) is 19.8. The number of anilines is 2. The van der Waals surface area contributed by atoms with Gasteiger partial charge in [0.05, 0.1) is 40.0 Å². The van der Waals surface area contributed by atoms with E-state index in [1.54, 1.807) is 37.4 Å². The van der Waals surface area contributed by atoms with E-state index in [0.717, 1.165) is 0 Å². The van der Waals surface area contributed by atoms with E-state index >= 15 is 4.39 Å². The van der Waals surface area contributed by atoms with Gasteiger partial charge in [-0.05, 0) is 43.5 Å². The number of allylic oxidation sites excluding steroid dienone is 4. The van der Waals surface area contributed by atoms with Crippen LogP contribution in [0.1, 0.15) is 43.0 Å². The molecule has 9 nitrogen and oxygen atoms in total. The lowest BCUT2D eigenvalue weighted by Crippen LogP contribution is -2.45. The molecule has 0 bridgehead atoms. The number of hydrogen-bond donors (Lipinski definition) is 2. The van der Waals surface area contributed by atoms with Gasteiger partial charge in [0.1, 0.15) is 17.4 Å². The molecule has 3 rings (SSSR count). The number of carbonyl (C=O) groups excluding carboxylic acids is 2. The average molecular weight is 579 g/mol. The fraction of sp³-hybridized carbons (Fsp3) is 0.300. The highest BCUT2D eigenvalue weighted by Crippen LogP contribution is 2.39. The first-order valence-corrected chi connectivity index (χ1v) is 13.4. The van der Waals surface area contributed by atoms with Crippen molar-refractivity contribution in [2.24, 2.45) is 4.99 Å². The quantitative estimate of drug-likeness (QED) is 0.142. The third kappa shape index (κ3) is 6.99. The zero-order valence-corrected chi connectivity index (χ0v) is 23.7. The second-order valence-corrected chi connectivity index (χ2v) is 9.64. The van der Waals surface area contributed by atoms with Gasteiger partial charge in [0.15, 0.2) is 5.82 Å². The Hall–Kier alpha value is -4.49. The number of rotatable bonds is 13. The number of halogens is 2. The van der Waals surface area contributed by atoms with Gasteiger partial charge < -0.3 is 15.3 Å². The molecule has 0 fully saturated rings. The molecule has 1 aromatic heterocycles. The van der Waals surface area contributed by atoms with Crippen LogP contribution in [0, 0.1) is 11.3 Å². The Morgan fingerprint density at radius 3 is 2.78 bits per heavy atom. The Kier molecular flexibility index (Phi) is 11.2. The molecular weight excluding hydrogens is 547 g/mol. The lowest BCUT2D eigenvalue weighted by Gasteiger charge is -2.34. The fourth-order valence-electron chi connectivity index (χ4n) is 4.65. The summed E-state index contributed by atoms with van der Waals surface area (Å²) in [5.74, 6) is -0.394. The van der Waals surface area contributed by atoms with E-state index in [0.29, 0.717) is 61.4 Å². The summed E-state index contributed by atoms with van der Waals surface area (Å²) in [5, 5.41) is 22.7. The van der Waals surface area contributed by atoms with Crippen molar-refractivity contribution < 1.29 is 19.1 Å². The number of aromatic nitrogens is 1. The maximum Gasteiger partial charge on any atom is 0.219 e. The summed E-state index contributed by atoms with van der Waals surface area (Å²) in [6.45, 7) is 6.47. The van der Waals surface area contributed by atoms with Crippen molar-refractivity contribution in [2.75, 3.05) is 25.0 Å². The van der Waals surface area contributed by atoms with Crippen LogP contribution in [0.3, 0.4) is 0 Å². The molecule has 0 saturated heterocycles. The van der Waals surface area contributed by atoms with E-state index in [1.165, 1.54) is 17.0 Å². The summed E-state index contributed by atoms with van der Waals surface area (Å²) in [4.78, 5) is 36.2. The molecule has 0 saturated carbocycles. The Balaban J connectivity index is 2.35. The van der Waals surface area contributed by atoms with Crippen molar-refractivity contribution in [3.63, 3.8) is 0 Å². The molecule has 1 unspecified atom stereocenters. The lowest BCUT2D eigenvalue weighted by molar-refractivity contribution is -0.109. The Morgan fingerprint density at radius 2 is 2.15 bits per heavy atom. The van der Waals surface area contributed by atoms with Crippen molar-refractivity contribution in [1.29, 1.82) is 5.26 Å². The number of nitrogens with one attached hydrogen (secondary N) is 1.